The number of esters is 1. The molecule has 164 valence electrons. The van der Waals surface area contributed by atoms with Gasteiger partial charge in [-0.05, 0) is 49.8 Å². The maximum Gasteiger partial charge on any atom is 0.350 e. The number of carbonyl (C=O) groups is 4. The predicted octanol–water partition coefficient (Wildman–Crippen LogP) is 3.38. The van der Waals surface area contributed by atoms with Crippen LogP contribution in [0, 0.1) is 11.7 Å². The molecule has 1 spiro atoms. The Labute approximate surface area is 185 Å². The van der Waals surface area contributed by atoms with Gasteiger partial charge in [-0.3, -0.25) is 15.0 Å². The maximum atomic E-state index is 13.4. The van der Waals surface area contributed by atoms with Crippen molar-refractivity contribution < 1.29 is 28.3 Å². The number of hydrazine groups is 1. The topological polar surface area (TPSA) is 105 Å². The van der Waals surface area contributed by atoms with E-state index in [4.69, 9.17) is 16.3 Å². The smallest absolute Gasteiger partial charge is 0.350 e. The predicted molar refractivity (Wildman–Crippen MR) is 111 cm³/mol. The molecule has 11 heteroatoms. The second-order valence-electron chi connectivity index (χ2n) is 7.83. The molecule has 2 aromatic rings. The summed E-state index contributed by atoms with van der Waals surface area (Å²) in [5, 5.41) is 3.92. The molecule has 0 bridgehead atoms. The van der Waals surface area contributed by atoms with Crippen molar-refractivity contribution in [1.29, 1.82) is 0 Å². The second kappa shape index (κ2) is 8.08. The van der Waals surface area contributed by atoms with Gasteiger partial charge in [-0.15, -0.1) is 11.3 Å². The van der Waals surface area contributed by atoms with Gasteiger partial charge in [0.25, 0.3) is 11.8 Å². The van der Waals surface area contributed by atoms with Crippen LogP contribution in [0.25, 0.3) is 10.1 Å². The Balaban J connectivity index is 1.37. The first-order valence-electron chi connectivity index (χ1n) is 9.71. The van der Waals surface area contributed by atoms with Crippen LogP contribution in [-0.4, -0.2) is 41.0 Å². The lowest BCUT2D eigenvalue weighted by Crippen LogP contribution is -2.52. The molecule has 1 aromatic carbocycles. The largest absolute Gasteiger partial charge is 0.451 e. The van der Waals surface area contributed by atoms with Crippen LogP contribution in [0.3, 0.4) is 0 Å². The monoisotopic (exact) mass is 467 g/mol. The number of amides is 4. The van der Waals surface area contributed by atoms with E-state index in [1.807, 2.05) is 0 Å². The number of hydrogen-bond acceptors (Lipinski definition) is 6. The van der Waals surface area contributed by atoms with Crippen molar-refractivity contribution in [3.63, 3.8) is 0 Å². The Morgan fingerprint density at radius 1 is 1.35 bits per heavy atom. The van der Waals surface area contributed by atoms with Gasteiger partial charge >= 0.3 is 12.0 Å². The van der Waals surface area contributed by atoms with Crippen molar-refractivity contribution in [3.8, 4) is 0 Å². The molecule has 4 amide bonds. The van der Waals surface area contributed by atoms with Gasteiger partial charge in [0.15, 0.2) is 6.61 Å². The molecule has 0 atom stereocenters. The molecule has 2 N–H and O–H groups in total. The van der Waals surface area contributed by atoms with E-state index in [2.05, 4.69) is 17.7 Å². The zero-order valence-corrected chi connectivity index (χ0v) is 18.1. The lowest BCUT2D eigenvalue weighted by atomic mass is 9.77. The minimum absolute atomic E-state index is 0.0281. The summed E-state index contributed by atoms with van der Waals surface area (Å²) in [5.41, 5.74) is 1.20. The number of ether oxygens (including phenoxy) is 1. The number of urea groups is 1. The number of nitrogens with zero attached hydrogens (tertiary/aromatic N) is 1. The average molecular weight is 468 g/mol. The van der Waals surface area contributed by atoms with Gasteiger partial charge in [-0.25, -0.2) is 14.0 Å². The standard InChI is InChI=1S/C20H19ClFN3O5S/c1-10-4-6-20(7-5-10)18(28)25(19(29)23-20)24-14(26)9-30-17(27)16-15(21)12-3-2-11(22)8-13(12)31-16/h2-3,8,10H,4-7,9H2,1H3,(H,23,29)(H,24,26). The van der Waals surface area contributed by atoms with E-state index in [9.17, 15) is 23.6 Å². The summed E-state index contributed by atoms with van der Waals surface area (Å²) in [6.07, 6.45) is 2.60. The fraction of sp³-hybridized carbons (Fsp3) is 0.400. The first-order chi connectivity index (χ1) is 14.7. The number of hydrogen-bond donors (Lipinski definition) is 2. The summed E-state index contributed by atoms with van der Waals surface area (Å²) < 4.78 is 18.8. The van der Waals surface area contributed by atoms with E-state index < -0.39 is 41.8 Å². The van der Waals surface area contributed by atoms with Crippen LogP contribution < -0.4 is 10.7 Å². The van der Waals surface area contributed by atoms with Crippen LogP contribution in [0.2, 0.25) is 5.02 Å². The molecule has 2 heterocycles. The molecule has 0 unspecified atom stereocenters. The van der Waals surface area contributed by atoms with Gasteiger partial charge in [0.05, 0.1) is 5.02 Å². The molecule has 1 aliphatic carbocycles. The number of rotatable bonds is 4. The summed E-state index contributed by atoms with van der Waals surface area (Å²) in [6.45, 7) is 1.36. The summed E-state index contributed by atoms with van der Waals surface area (Å²) in [7, 11) is 0. The Kier molecular flexibility index (Phi) is 5.61. The SMILES string of the molecule is CC1CCC2(CC1)NC(=O)N(NC(=O)COC(=O)c1sc3cc(F)ccc3c1Cl)C2=O. The Bertz CT molecular complexity index is 1100. The van der Waals surface area contributed by atoms with Crippen LogP contribution in [0.5, 0.6) is 0 Å². The molecule has 1 aromatic heterocycles. The highest BCUT2D eigenvalue weighted by Crippen LogP contribution is 2.37. The fourth-order valence-corrected chi connectivity index (χ4v) is 5.27. The highest BCUT2D eigenvalue weighted by Gasteiger charge is 2.52. The van der Waals surface area contributed by atoms with Crippen molar-refractivity contribution in [2.24, 2.45) is 5.92 Å². The van der Waals surface area contributed by atoms with Gasteiger partial charge in [0.2, 0.25) is 0 Å². The first kappa shape index (κ1) is 21.5. The molecular formula is C20H19ClFN3O5S. The summed E-state index contributed by atoms with van der Waals surface area (Å²) in [5.74, 6) is -2.23. The van der Waals surface area contributed by atoms with E-state index in [1.54, 1.807) is 0 Å². The van der Waals surface area contributed by atoms with Crippen molar-refractivity contribution in [1.82, 2.24) is 15.8 Å². The van der Waals surface area contributed by atoms with E-state index in [-0.39, 0.29) is 9.90 Å². The van der Waals surface area contributed by atoms with Crippen LogP contribution in [-0.2, 0) is 14.3 Å². The Morgan fingerprint density at radius 2 is 2.06 bits per heavy atom. The third-order valence-electron chi connectivity index (χ3n) is 5.64. The Hall–Kier alpha value is -2.72. The summed E-state index contributed by atoms with van der Waals surface area (Å²) in [4.78, 5) is 49.5. The van der Waals surface area contributed by atoms with Gasteiger partial charge < -0.3 is 10.1 Å². The van der Waals surface area contributed by atoms with Crippen molar-refractivity contribution in [3.05, 3.63) is 33.9 Å². The molecule has 4 rings (SSSR count). The van der Waals surface area contributed by atoms with Crippen LogP contribution in [0.15, 0.2) is 18.2 Å². The van der Waals surface area contributed by atoms with Gasteiger partial charge in [0, 0.05) is 10.1 Å². The van der Waals surface area contributed by atoms with Crippen molar-refractivity contribution in [2.45, 2.75) is 38.1 Å². The quantitative estimate of drug-likeness (QED) is 0.529. The number of thiophene rings is 1. The maximum absolute atomic E-state index is 13.4. The van der Waals surface area contributed by atoms with E-state index >= 15 is 0 Å². The first-order valence-corrected chi connectivity index (χ1v) is 10.9. The number of carbonyl (C=O) groups excluding carboxylic acids is 4. The molecule has 1 aliphatic heterocycles. The van der Waals surface area contributed by atoms with E-state index in [0.29, 0.717) is 33.9 Å². The van der Waals surface area contributed by atoms with Gasteiger partial charge in [-0.1, -0.05) is 18.5 Å². The molecule has 8 nitrogen and oxygen atoms in total. The molecule has 1 saturated heterocycles. The van der Waals surface area contributed by atoms with E-state index in [1.165, 1.54) is 18.2 Å². The Morgan fingerprint density at radius 3 is 2.77 bits per heavy atom. The van der Waals surface area contributed by atoms with E-state index in [0.717, 1.165) is 24.2 Å². The third kappa shape index (κ3) is 3.97. The molecule has 31 heavy (non-hydrogen) atoms. The normalized spacial score (nSPS) is 23.3. The highest BCUT2D eigenvalue weighted by molar-refractivity contribution is 7.21. The van der Waals surface area contributed by atoms with Gasteiger partial charge in [-0.2, -0.15) is 5.01 Å². The zero-order valence-electron chi connectivity index (χ0n) is 16.5. The van der Waals surface area contributed by atoms with Crippen LogP contribution in [0.1, 0.15) is 42.3 Å². The lowest BCUT2D eigenvalue weighted by molar-refractivity contribution is -0.141. The highest BCUT2D eigenvalue weighted by atomic mass is 35.5. The minimum Gasteiger partial charge on any atom is -0.451 e. The summed E-state index contributed by atoms with van der Waals surface area (Å²) in [6, 6.07) is 3.21. The second-order valence-corrected chi connectivity index (χ2v) is 9.26. The number of imide groups is 1. The molecular weight excluding hydrogens is 449 g/mol. The fourth-order valence-electron chi connectivity index (χ4n) is 3.84. The number of nitrogens with one attached hydrogen (secondary N) is 2. The van der Waals surface area contributed by atoms with Crippen molar-refractivity contribution >= 4 is 56.8 Å². The van der Waals surface area contributed by atoms with Crippen molar-refractivity contribution in [2.75, 3.05) is 6.61 Å². The van der Waals surface area contributed by atoms with Crippen LogP contribution >= 0.6 is 22.9 Å². The summed E-state index contributed by atoms with van der Waals surface area (Å²) >= 11 is 7.11. The number of fused-ring (bicyclic) bond motifs is 1. The molecule has 0 radical (unpaired) electrons. The molecule has 2 aliphatic rings. The molecule has 2 fully saturated rings. The lowest BCUT2D eigenvalue weighted by Gasteiger charge is -2.33. The minimum atomic E-state index is -0.993. The van der Waals surface area contributed by atoms with Crippen LogP contribution in [0.4, 0.5) is 9.18 Å². The molecule has 1 saturated carbocycles. The van der Waals surface area contributed by atoms with Gasteiger partial charge in [0.1, 0.15) is 16.2 Å². The zero-order chi connectivity index (χ0) is 22.3. The third-order valence-corrected chi connectivity index (χ3v) is 7.27. The number of benzene rings is 1. The average Bonchev–Trinajstić information content (AvgIpc) is 3.17. The number of halogens is 2.